The highest BCUT2D eigenvalue weighted by Crippen LogP contribution is 2.17. The number of hydrogen-bond acceptors (Lipinski definition) is 4. The smallest absolute Gasteiger partial charge is 0.289 e. The Morgan fingerprint density at radius 2 is 2.05 bits per heavy atom. The Kier molecular flexibility index (Phi) is 3.96. The highest BCUT2D eigenvalue weighted by atomic mass is 32.2. The van der Waals surface area contributed by atoms with Crippen LogP contribution < -0.4 is 4.72 Å². The minimum atomic E-state index is -3.18. The molecule has 19 heavy (non-hydrogen) atoms. The number of amides is 1. The first-order valence-electron chi connectivity index (χ1n) is 6.17. The van der Waals surface area contributed by atoms with Crippen molar-refractivity contribution in [1.82, 2.24) is 9.62 Å². The number of nitrogens with one attached hydrogen (secondary N) is 1. The molecule has 1 aromatic rings. The quantitative estimate of drug-likeness (QED) is 0.889. The van der Waals surface area contributed by atoms with Crippen molar-refractivity contribution in [3.8, 4) is 0 Å². The minimum Gasteiger partial charge on any atom is -0.459 e. The monoisotopic (exact) mass is 286 g/mol. The van der Waals surface area contributed by atoms with Gasteiger partial charge in [-0.3, -0.25) is 4.79 Å². The Balaban J connectivity index is 1.94. The number of likely N-dealkylation sites (tertiary alicyclic amines) is 1. The summed E-state index contributed by atoms with van der Waals surface area (Å²) in [5.41, 5.74) is 0.821. The van der Waals surface area contributed by atoms with Crippen molar-refractivity contribution in [2.75, 3.05) is 19.3 Å². The van der Waals surface area contributed by atoms with Gasteiger partial charge in [0.25, 0.3) is 5.91 Å². The predicted octanol–water partition coefficient (Wildman–Crippen LogP) is 0.742. The molecular formula is C12H18N2O4S. The summed E-state index contributed by atoms with van der Waals surface area (Å²) in [5, 5.41) is 0. The molecule has 1 saturated heterocycles. The van der Waals surface area contributed by atoms with Crippen LogP contribution in [0.15, 0.2) is 16.7 Å². The zero-order valence-electron chi connectivity index (χ0n) is 11.0. The molecule has 2 rings (SSSR count). The van der Waals surface area contributed by atoms with Gasteiger partial charge in [-0.25, -0.2) is 13.1 Å². The van der Waals surface area contributed by atoms with Gasteiger partial charge in [0.05, 0.1) is 12.5 Å². The van der Waals surface area contributed by atoms with Crippen LogP contribution >= 0.6 is 0 Å². The number of nitrogens with zero attached hydrogens (tertiary/aromatic N) is 1. The van der Waals surface area contributed by atoms with Crippen molar-refractivity contribution in [3.63, 3.8) is 0 Å². The van der Waals surface area contributed by atoms with Crippen LogP contribution in [0.25, 0.3) is 0 Å². The molecule has 106 valence electrons. The second-order valence-electron chi connectivity index (χ2n) is 4.89. The molecule has 0 atom stereocenters. The molecule has 1 aliphatic rings. The summed E-state index contributed by atoms with van der Waals surface area (Å²) < 4.78 is 30.0. The maximum Gasteiger partial charge on any atom is 0.289 e. The van der Waals surface area contributed by atoms with Crippen LogP contribution in [-0.2, 0) is 10.0 Å². The van der Waals surface area contributed by atoms with Crippen LogP contribution in [0.4, 0.5) is 0 Å². The average molecular weight is 286 g/mol. The van der Waals surface area contributed by atoms with E-state index < -0.39 is 10.0 Å². The second-order valence-corrected chi connectivity index (χ2v) is 6.67. The average Bonchev–Trinajstić information content (AvgIpc) is 2.73. The summed E-state index contributed by atoms with van der Waals surface area (Å²) in [7, 11) is -3.18. The van der Waals surface area contributed by atoms with Gasteiger partial charge in [0.1, 0.15) is 0 Å². The van der Waals surface area contributed by atoms with Crippen LogP contribution in [-0.4, -0.2) is 44.6 Å². The first-order valence-corrected chi connectivity index (χ1v) is 8.06. The molecule has 0 aliphatic carbocycles. The van der Waals surface area contributed by atoms with Crippen molar-refractivity contribution in [2.45, 2.75) is 25.8 Å². The number of rotatable bonds is 3. The molecule has 6 nitrogen and oxygen atoms in total. The van der Waals surface area contributed by atoms with Crippen LogP contribution in [0, 0.1) is 6.92 Å². The van der Waals surface area contributed by atoms with E-state index in [2.05, 4.69) is 4.72 Å². The van der Waals surface area contributed by atoms with Gasteiger partial charge < -0.3 is 9.32 Å². The summed E-state index contributed by atoms with van der Waals surface area (Å²) in [5.74, 6) is 0.245. The normalized spacial score (nSPS) is 17.7. The summed E-state index contributed by atoms with van der Waals surface area (Å²) >= 11 is 0. The minimum absolute atomic E-state index is 0.0863. The molecule has 1 aliphatic heterocycles. The molecule has 0 bridgehead atoms. The number of carbonyl (C=O) groups is 1. The number of sulfonamides is 1. The van der Waals surface area contributed by atoms with E-state index in [1.807, 2.05) is 6.92 Å². The fourth-order valence-electron chi connectivity index (χ4n) is 2.24. The molecule has 0 aromatic carbocycles. The molecule has 1 amide bonds. The lowest BCUT2D eigenvalue weighted by atomic mass is 10.1. The summed E-state index contributed by atoms with van der Waals surface area (Å²) in [6.07, 6.45) is 3.90. The molecule has 1 aromatic heterocycles. The number of carbonyl (C=O) groups excluding carboxylic acids is 1. The standard InChI is InChI=1S/C12H18N2O4S/c1-9-5-8-18-11(9)12(15)14-6-3-10(4-7-14)13-19(2,16)17/h5,8,10,13H,3-4,6-7H2,1-2H3. The molecule has 0 saturated carbocycles. The molecule has 2 heterocycles. The lowest BCUT2D eigenvalue weighted by Crippen LogP contribution is -2.46. The highest BCUT2D eigenvalue weighted by molar-refractivity contribution is 7.88. The Labute approximate surface area is 112 Å². The Bertz CT molecular complexity index is 556. The van der Waals surface area contributed by atoms with Crippen molar-refractivity contribution < 1.29 is 17.6 Å². The molecule has 0 spiro atoms. The third-order valence-electron chi connectivity index (χ3n) is 3.22. The van der Waals surface area contributed by atoms with Gasteiger partial charge in [0.2, 0.25) is 10.0 Å². The molecule has 0 unspecified atom stereocenters. The summed E-state index contributed by atoms with van der Waals surface area (Å²) in [6, 6.07) is 1.67. The fourth-order valence-corrected chi connectivity index (χ4v) is 3.08. The Morgan fingerprint density at radius 1 is 1.42 bits per heavy atom. The van der Waals surface area contributed by atoms with Crippen molar-refractivity contribution in [2.24, 2.45) is 0 Å². The van der Waals surface area contributed by atoms with E-state index in [-0.39, 0.29) is 11.9 Å². The van der Waals surface area contributed by atoms with E-state index in [0.29, 0.717) is 31.7 Å². The van der Waals surface area contributed by atoms with E-state index in [0.717, 1.165) is 11.8 Å². The van der Waals surface area contributed by atoms with Gasteiger partial charge in [0.15, 0.2) is 5.76 Å². The second kappa shape index (κ2) is 5.34. The predicted molar refractivity (Wildman–Crippen MR) is 70.4 cm³/mol. The third kappa shape index (κ3) is 3.57. The largest absolute Gasteiger partial charge is 0.459 e. The van der Waals surface area contributed by atoms with Crippen molar-refractivity contribution in [3.05, 3.63) is 23.7 Å². The van der Waals surface area contributed by atoms with Gasteiger partial charge in [-0.05, 0) is 25.8 Å². The molecule has 1 N–H and O–H groups in total. The zero-order valence-corrected chi connectivity index (χ0v) is 11.9. The van der Waals surface area contributed by atoms with E-state index in [4.69, 9.17) is 4.42 Å². The fraction of sp³-hybridized carbons (Fsp3) is 0.583. The van der Waals surface area contributed by atoms with Gasteiger partial charge >= 0.3 is 0 Å². The lowest BCUT2D eigenvalue weighted by molar-refractivity contribution is 0.0678. The van der Waals surface area contributed by atoms with Crippen LogP contribution in [0.2, 0.25) is 0 Å². The first kappa shape index (κ1) is 14.1. The van der Waals surface area contributed by atoms with Gasteiger partial charge in [-0.2, -0.15) is 0 Å². The molecule has 7 heteroatoms. The number of aryl methyl sites for hydroxylation is 1. The van der Waals surface area contributed by atoms with Crippen molar-refractivity contribution >= 4 is 15.9 Å². The Hall–Kier alpha value is -1.34. The maximum absolute atomic E-state index is 12.2. The number of furan rings is 1. The van der Waals surface area contributed by atoms with E-state index in [9.17, 15) is 13.2 Å². The molecule has 0 radical (unpaired) electrons. The van der Waals surface area contributed by atoms with Gasteiger partial charge in [-0.15, -0.1) is 0 Å². The molecule has 1 fully saturated rings. The number of piperidine rings is 1. The van der Waals surface area contributed by atoms with E-state index in [1.165, 1.54) is 6.26 Å². The van der Waals surface area contributed by atoms with Crippen LogP contribution in [0.3, 0.4) is 0 Å². The highest BCUT2D eigenvalue weighted by Gasteiger charge is 2.27. The molecular weight excluding hydrogens is 268 g/mol. The zero-order chi connectivity index (χ0) is 14.0. The Morgan fingerprint density at radius 3 is 2.53 bits per heavy atom. The number of hydrogen-bond donors (Lipinski definition) is 1. The lowest BCUT2D eigenvalue weighted by Gasteiger charge is -2.31. The van der Waals surface area contributed by atoms with Crippen LogP contribution in [0.5, 0.6) is 0 Å². The first-order chi connectivity index (χ1) is 8.87. The van der Waals surface area contributed by atoms with E-state index in [1.54, 1.807) is 11.0 Å². The van der Waals surface area contributed by atoms with Crippen molar-refractivity contribution in [1.29, 1.82) is 0 Å². The third-order valence-corrected chi connectivity index (χ3v) is 3.98. The topological polar surface area (TPSA) is 79.6 Å². The van der Waals surface area contributed by atoms with Crippen LogP contribution in [0.1, 0.15) is 29.0 Å². The summed E-state index contributed by atoms with van der Waals surface area (Å²) in [6.45, 7) is 2.90. The van der Waals surface area contributed by atoms with Gasteiger partial charge in [-0.1, -0.05) is 0 Å². The summed E-state index contributed by atoms with van der Waals surface area (Å²) in [4.78, 5) is 13.9. The maximum atomic E-state index is 12.2. The SMILES string of the molecule is Cc1ccoc1C(=O)N1CCC(NS(C)(=O)=O)CC1. The van der Waals surface area contributed by atoms with Gasteiger partial charge in [0, 0.05) is 24.7 Å². The van der Waals surface area contributed by atoms with E-state index >= 15 is 0 Å².